The summed E-state index contributed by atoms with van der Waals surface area (Å²) >= 11 is 0. The van der Waals surface area contributed by atoms with Gasteiger partial charge in [-0.1, -0.05) is 42.5 Å². The molecule has 0 aromatic heterocycles. The zero-order chi connectivity index (χ0) is 18.4. The van der Waals surface area contributed by atoms with Crippen molar-refractivity contribution in [1.29, 1.82) is 0 Å². The Balaban J connectivity index is 1.48. The van der Waals surface area contributed by atoms with Gasteiger partial charge in [-0.15, -0.1) is 0 Å². The molecule has 3 rings (SSSR count). The molecule has 2 aromatic rings. The highest BCUT2D eigenvalue weighted by atomic mass is 16.4. The monoisotopic (exact) mass is 354 g/mol. The molecule has 1 saturated heterocycles. The number of aryl methyl sites for hydroxylation is 1. The van der Waals surface area contributed by atoms with Crippen LogP contribution in [-0.2, 0) is 11.2 Å². The van der Waals surface area contributed by atoms with Crippen molar-refractivity contribution in [2.24, 2.45) is 0 Å². The number of fused-ring (bicyclic) bond motifs is 1. The summed E-state index contributed by atoms with van der Waals surface area (Å²) in [6.07, 6.45) is 5.61. The van der Waals surface area contributed by atoms with E-state index >= 15 is 0 Å². The van der Waals surface area contributed by atoms with Crippen molar-refractivity contribution in [2.45, 2.75) is 38.1 Å². The van der Waals surface area contributed by atoms with Gasteiger partial charge in [-0.3, -0.25) is 9.69 Å². The summed E-state index contributed by atoms with van der Waals surface area (Å²) in [4.78, 5) is 15.5. The van der Waals surface area contributed by atoms with E-state index in [2.05, 4.69) is 47.4 Å². The Morgan fingerprint density at radius 2 is 1.96 bits per heavy atom. The Morgan fingerprint density at radius 1 is 1.15 bits per heavy atom. The van der Waals surface area contributed by atoms with Crippen molar-refractivity contribution < 1.29 is 9.90 Å². The second-order valence-electron chi connectivity index (χ2n) is 7.48. The number of likely N-dealkylation sites (tertiary alicyclic amines) is 1. The van der Waals surface area contributed by atoms with Crippen molar-refractivity contribution >= 4 is 16.7 Å². The summed E-state index contributed by atoms with van der Waals surface area (Å²) < 4.78 is 0. The molecule has 1 aliphatic heterocycles. The van der Waals surface area contributed by atoms with Gasteiger partial charge in [-0.25, -0.2) is 0 Å². The third-order valence-corrected chi connectivity index (χ3v) is 5.60. The van der Waals surface area contributed by atoms with Crippen LogP contribution in [0.4, 0.5) is 0 Å². The predicted molar refractivity (Wildman–Crippen MR) is 107 cm³/mol. The van der Waals surface area contributed by atoms with Crippen LogP contribution in [0.25, 0.3) is 10.8 Å². The third-order valence-electron chi connectivity index (χ3n) is 5.60. The lowest BCUT2D eigenvalue weighted by Gasteiger charge is -2.25. The van der Waals surface area contributed by atoms with Crippen LogP contribution in [0.15, 0.2) is 42.5 Å². The van der Waals surface area contributed by atoms with Gasteiger partial charge in [0.15, 0.2) is 0 Å². The van der Waals surface area contributed by atoms with Crippen LogP contribution in [0.2, 0.25) is 0 Å². The SMILES string of the molecule is CN(CC(=O)O)[C@H]1CCCN(CCCc2cccc3ccccc23)CC1. The predicted octanol–water partition coefficient (Wildman–Crippen LogP) is 3.64. The molecule has 2 aromatic carbocycles. The van der Waals surface area contributed by atoms with E-state index in [4.69, 9.17) is 5.11 Å². The number of aliphatic carboxylic acids is 1. The smallest absolute Gasteiger partial charge is 0.317 e. The lowest BCUT2D eigenvalue weighted by Crippen LogP contribution is -2.36. The first-order valence-corrected chi connectivity index (χ1v) is 9.74. The molecule has 1 N–H and O–H groups in total. The molecular formula is C22H30N2O2. The van der Waals surface area contributed by atoms with Crippen molar-refractivity contribution in [3.05, 3.63) is 48.0 Å². The number of likely N-dealkylation sites (N-methyl/N-ethyl adjacent to an activating group) is 1. The lowest BCUT2D eigenvalue weighted by molar-refractivity contribution is -0.138. The molecule has 1 fully saturated rings. The molecule has 4 nitrogen and oxygen atoms in total. The topological polar surface area (TPSA) is 43.8 Å². The van der Waals surface area contributed by atoms with E-state index in [0.717, 1.165) is 45.3 Å². The molecule has 0 bridgehead atoms. The Morgan fingerprint density at radius 3 is 2.81 bits per heavy atom. The largest absolute Gasteiger partial charge is 0.480 e. The van der Waals surface area contributed by atoms with Crippen LogP contribution in [0.5, 0.6) is 0 Å². The van der Waals surface area contributed by atoms with E-state index in [1.54, 1.807) is 0 Å². The van der Waals surface area contributed by atoms with Gasteiger partial charge in [0, 0.05) is 6.04 Å². The number of hydrogen-bond acceptors (Lipinski definition) is 3. The summed E-state index contributed by atoms with van der Waals surface area (Å²) in [5.74, 6) is -0.733. The summed E-state index contributed by atoms with van der Waals surface area (Å²) in [6, 6.07) is 15.6. The normalized spacial score (nSPS) is 18.9. The summed E-state index contributed by atoms with van der Waals surface area (Å²) in [7, 11) is 1.94. The van der Waals surface area contributed by atoms with Crippen molar-refractivity contribution in [3.8, 4) is 0 Å². The Kier molecular flexibility index (Phi) is 6.64. The van der Waals surface area contributed by atoms with Crippen molar-refractivity contribution in [3.63, 3.8) is 0 Å². The van der Waals surface area contributed by atoms with Gasteiger partial charge in [0.1, 0.15) is 0 Å². The molecule has 140 valence electrons. The fraction of sp³-hybridized carbons (Fsp3) is 0.500. The average molecular weight is 354 g/mol. The van der Waals surface area contributed by atoms with Gasteiger partial charge in [0.25, 0.3) is 0 Å². The highest BCUT2D eigenvalue weighted by molar-refractivity contribution is 5.85. The standard InChI is InChI=1S/C22H30N2O2/c1-23(17-22(25)26)20-11-6-15-24(16-13-20)14-5-10-19-9-4-8-18-7-2-3-12-21(18)19/h2-4,7-9,12,20H,5-6,10-11,13-17H2,1H3,(H,25,26)/t20-/m0/s1. The number of hydrogen-bond donors (Lipinski definition) is 1. The summed E-state index contributed by atoms with van der Waals surface area (Å²) in [5.41, 5.74) is 1.44. The molecule has 26 heavy (non-hydrogen) atoms. The third kappa shape index (κ3) is 5.05. The van der Waals surface area contributed by atoms with Crippen molar-refractivity contribution in [2.75, 3.05) is 33.2 Å². The molecule has 0 amide bonds. The fourth-order valence-electron chi connectivity index (χ4n) is 4.15. The van der Waals surface area contributed by atoms with E-state index in [0.29, 0.717) is 6.04 Å². The first-order valence-electron chi connectivity index (χ1n) is 9.74. The minimum Gasteiger partial charge on any atom is -0.480 e. The molecular weight excluding hydrogens is 324 g/mol. The quantitative estimate of drug-likeness (QED) is 0.824. The molecule has 1 atom stereocenters. The molecule has 0 aliphatic carbocycles. The molecule has 1 aliphatic rings. The number of nitrogens with zero attached hydrogens (tertiary/aromatic N) is 2. The van der Waals surface area contributed by atoms with E-state index in [1.807, 2.05) is 11.9 Å². The van der Waals surface area contributed by atoms with Crippen LogP contribution in [0.1, 0.15) is 31.2 Å². The first-order chi connectivity index (χ1) is 12.6. The zero-order valence-corrected chi connectivity index (χ0v) is 15.7. The summed E-state index contributed by atoms with van der Waals surface area (Å²) in [5, 5.41) is 11.7. The number of rotatable bonds is 7. The average Bonchev–Trinajstić information content (AvgIpc) is 2.87. The lowest BCUT2D eigenvalue weighted by atomic mass is 10.0. The van der Waals surface area contributed by atoms with Crippen LogP contribution < -0.4 is 0 Å². The maximum absolute atomic E-state index is 10.9. The van der Waals surface area contributed by atoms with Gasteiger partial charge in [0.05, 0.1) is 6.54 Å². The molecule has 0 saturated carbocycles. The van der Waals surface area contributed by atoms with Gasteiger partial charge < -0.3 is 10.0 Å². The molecule has 0 unspecified atom stereocenters. The second kappa shape index (κ2) is 9.15. The first kappa shape index (κ1) is 18.9. The fourth-order valence-corrected chi connectivity index (χ4v) is 4.15. The van der Waals surface area contributed by atoms with Gasteiger partial charge >= 0.3 is 5.97 Å². The molecule has 0 spiro atoms. The summed E-state index contributed by atoms with van der Waals surface area (Å²) in [6.45, 7) is 3.47. The zero-order valence-electron chi connectivity index (χ0n) is 15.7. The Labute approximate surface area is 156 Å². The Hall–Kier alpha value is -1.91. The van der Waals surface area contributed by atoms with Crippen LogP contribution in [-0.4, -0.2) is 60.1 Å². The molecule has 0 radical (unpaired) electrons. The van der Waals surface area contributed by atoms with Gasteiger partial charge in [0.2, 0.25) is 0 Å². The number of carboxylic acid groups (broad SMARTS) is 1. The number of carbonyl (C=O) groups is 1. The number of carboxylic acids is 1. The molecule has 4 heteroatoms. The Bertz CT molecular complexity index is 726. The van der Waals surface area contributed by atoms with Crippen molar-refractivity contribution in [1.82, 2.24) is 9.80 Å². The molecule has 1 heterocycles. The van der Waals surface area contributed by atoms with E-state index < -0.39 is 5.97 Å². The van der Waals surface area contributed by atoms with Crippen LogP contribution in [0.3, 0.4) is 0 Å². The van der Waals surface area contributed by atoms with E-state index in [9.17, 15) is 4.79 Å². The van der Waals surface area contributed by atoms with Gasteiger partial charge in [-0.2, -0.15) is 0 Å². The minimum absolute atomic E-state index is 0.145. The van der Waals surface area contributed by atoms with E-state index in [1.165, 1.54) is 22.8 Å². The minimum atomic E-state index is -0.733. The van der Waals surface area contributed by atoms with Crippen LogP contribution in [0, 0.1) is 0 Å². The second-order valence-corrected chi connectivity index (χ2v) is 7.48. The highest BCUT2D eigenvalue weighted by Gasteiger charge is 2.21. The van der Waals surface area contributed by atoms with Crippen LogP contribution >= 0.6 is 0 Å². The highest BCUT2D eigenvalue weighted by Crippen LogP contribution is 2.20. The van der Waals surface area contributed by atoms with E-state index in [-0.39, 0.29) is 6.54 Å². The maximum atomic E-state index is 10.9. The number of benzene rings is 2. The maximum Gasteiger partial charge on any atom is 0.317 e. The van der Waals surface area contributed by atoms with Gasteiger partial charge in [-0.05, 0) is 75.1 Å².